The quantitative estimate of drug-likeness (QED) is 0.777. The van der Waals surface area contributed by atoms with E-state index in [2.05, 4.69) is 10.2 Å². The smallest absolute Gasteiger partial charge is 0.277 e. The molecule has 0 spiro atoms. The average molecular weight is 382 g/mol. The fourth-order valence-corrected chi connectivity index (χ4v) is 3.31. The van der Waals surface area contributed by atoms with Crippen LogP contribution < -0.4 is 15.1 Å². The molecule has 1 fully saturated rings. The Balaban J connectivity index is 1.79. The number of amides is 2. The van der Waals surface area contributed by atoms with Crippen LogP contribution in [0.5, 0.6) is 0 Å². The third-order valence-electron chi connectivity index (χ3n) is 4.39. The number of hydrogen-bond donors (Lipinski definition) is 2. The Morgan fingerprint density at radius 1 is 1.23 bits per heavy atom. The van der Waals surface area contributed by atoms with Crippen molar-refractivity contribution in [1.29, 1.82) is 0 Å². The third kappa shape index (κ3) is 6.18. The molecule has 0 aromatic heterocycles. The number of carbonyl (C=O) groups is 2. The summed E-state index contributed by atoms with van der Waals surface area (Å²) in [5.74, 6) is -0.137. The molecular formula is C19H30ClN4O2+. The Morgan fingerprint density at radius 2 is 1.85 bits per heavy atom. The van der Waals surface area contributed by atoms with Gasteiger partial charge < -0.3 is 20.0 Å². The van der Waals surface area contributed by atoms with Gasteiger partial charge in [0.2, 0.25) is 5.91 Å². The summed E-state index contributed by atoms with van der Waals surface area (Å²) >= 11 is 6.27. The molecule has 0 unspecified atom stereocenters. The van der Waals surface area contributed by atoms with E-state index in [9.17, 15) is 9.59 Å². The van der Waals surface area contributed by atoms with Crippen LogP contribution in [-0.2, 0) is 9.59 Å². The molecule has 0 radical (unpaired) electrons. The van der Waals surface area contributed by atoms with E-state index >= 15 is 0 Å². The minimum absolute atomic E-state index is 0.00440. The van der Waals surface area contributed by atoms with Crippen molar-refractivity contribution in [1.82, 2.24) is 10.2 Å². The van der Waals surface area contributed by atoms with Gasteiger partial charge >= 0.3 is 0 Å². The molecular weight excluding hydrogens is 352 g/mol. The van der Waals surface area contributed by atoms with Crippen molar-refractivity contribution in [2.75, 3.05) is 51.2 Å². The van der Waals surface area contributed by atoms with Crippen LogP contribution in [0.2, 0.25) is 5.02 Å². The molecule has 1 aliphatic heterocycles. The summed E-state index contributed by atoms with van der Waals surface area (Å²) in [5.41, 5.74) is 0.761. The van der Waals surface area contributed by atoms with Crippen molar-refractivity contribution in [3.63, 3.8) is 0 Å². The molecule has 1 aliphatic rings. The van der Waals surface area contributed by atoms with Gasteiger partial charge in [-0.2, -0.15) is 0 Å². The highest BCUT2D eigenvalue weighted by atomic mass is 35.5. The molecule has 7 heteroatoms. The predicted octanol–water partition coefficient (Wildman–Crippen LogP) is 0.418. The minimum atomic E-state index is -0.290. The molecule has 2 rings (SSSR count). The Morgan fingerprint density at radius 3 is 2.42 bits per heavy atom. The van der Waals surface area contributed by atoms with Crippen molar-refractivity contribution in [2.24, 2.45) is 0 Å². The lowest BCUT2D eigenvalue weighted by Crippen LogP contribution is -3.15. The number of nitrogens with one attached hydrogen (secondary N) is 2. The molecule has 6 nitrogen and oxygen atoms in total. The molecule has 0 aliphatic carbocycles. The van der Waals surface area contributed by atoms with Gasteiger partial charge in [0.15, 0.2) is 6.54 Å². The SMILES string of the molecule is CN(CC(=O)NC(C)(C)C)C(=O)C[NH+]1CCN(c2ccccc2Cl)CC1. The van der Waals surface area contributed by atoms with Gasteiger partial charge in [-0.15, -0.1) is 0 Å². The van der Waals surface area contributed by atoms with Crippen molar-refractivity contribution in [3.8, 4) is 0 Å². The lowest BCUT2D eigenvalue weighted by atomic mass is 10.1. The predicted molar refractivity (Wildman–Crippen MR) is 105 cm³/mol. The zero-order valence-electron chi connectivity index (χ0n) is 16.1. The van der Waals surface area contributed by atoms with Crippen LogP contribution in [0.3, 0.4) is 0 Å². The fourth-order valence-electron chi connectivity index (χ4n) is 3.06. The van der Waals surface area contributed by atoms with Crippen molar-refractivity contribution in [3.05, 3.63) is 29.3 Å². The van der Waals surface area contributed by atoms with E-state index in [-0.39, 0.29) is 23.9 Å². The van der Waals surface area contributed by atoms with Crippen LogP contribution in [-0.4, -0.2) is 68.6 Å². The lowest BCUT2D eigenvalue weighted by molar-refractivity contribution is -0.892. The average Bonchev–Trinajstić information content (AvgIpc) is 2.54. The molecule has 0 atom stereocenters. The Bertz CT molecular complexity index is 637. The van der Waals surface area contributed by atoms with E-state index in [1.165, 1.54) is 9.80 Å². The molecule has 26 heavy (non-hydrogen) atoms. The monoisotopic (exact) mass is 381 g/mol. The number of para-hydroxylation sites is 1. The van der Waals surface area contributed by atoms with Crippen LogP contribution in [0.25, 0.3) is 0 Å². The van der Waals surface area contributed by atoms with Gasteiger partial charge in [-0.25, -0.2) is 0 Å². The molecule has 1 aromatic carbocycles. The number of anilines is 1. The number of quaternary nitrogens is 1. The van der Waals surface area contributed by atoms with E-state index in [0.717, 1.165) is 36.9 Å². The summed E-state index contributed by atoms with van der Waals surface area (Å²) in [5, 5.41) is 3.64. The van der Waals surface area contributed by atoms with Gasteiger partial charge in [-0.1, -0.05) is 23.7 Å². The number of piperazine rings is 1. The molecule has 1 heterocycles. The van der Waals surface area contributed by atoms with Crippen molar-refractivity contribution < 1.29 is 14.5 Å². The van der Waals surface area contributed by atoms with Gasteiger partial charge in [0.05, 0.1) is 43.4 Å². The first-order valence-electron chi connectivity index (χ1n) is 9.04. The second kappa shape index (κ2) is 8.73. The van der Waals surface area contributed by atoms with Crippen LogP contribution >= 0.6 is 11.6 Å². The van der Waals surface area contributed by atoms with Crippen LogP contribution in [0.1, 0.15) is 20.8 Å². The second-order valence-electron chi connectivity index (χ2n) is 7.91. The van der Waals surface area contributed by atoms with Gasteiger partial charge in [-0.05, 0) is 32.9 Å². The minimum Gasteiger partial charge on any atom is -0.359 e. The van der Waals surface area contributed by atoms with Crippen LogP contribution in [0.4, 0.5) is 5.69 Å². The highest BCUT2D eigenvalue weighted by Crippen LogP contribution is 2.24. The number of benzene rings is 1. The molecule has 1 aromatic rings. The summed E-state index contributed by atoms with van der Waals surface area (Å²) in [4.78, 5) is 29.4. The van der Waals surface area contributed by atoms with Crippen molar-refractivity contribution >= 4 is 29.1 Å². The lowest BCUT2D eigenvalue weighted by Gasteiger charge is -2.34. The van der Waals surface area contributed by atoms with Crippen LogP contribution in [0, 0.1) is 0 Å². The first-order valence-corrected chi connectivity index (χ1v) is 9.41. The summed E-state index contributed by atoms with van der Waals surface area (Å²) in [6.45, 7) is 9.75. The van der Waals surface area contributed by atoms with E-state index in [1.807, 2.05) is 45.0 Å². The molecule has 0 bridgehead atoms. The van der Waals surface area contributed by atoms with Crippen LogP contribution in [0.15, 0.2) is 24.3 Å². The largest absolute Gasteiger partial charge is 0.359 e. The Labute approximate surface area is 161 Å². The summed E-state index contributed by atoms with van der Waals surface area (Å²) in [7, 11) is 1.68. The number of halogens is 1. The zero-order valence-corrected chi connectivity index (χ0v) is 16.9. The highest BCUT2D eigenvalue weighted by molar-refractivity contribution is 6.33. The molecule has 2 N–H and O–H groups in total. The normalized spacial score (nSPS) is 15.7. The summed E-state index contributed by atoms with van der Waals surface area (Å²) in [6, 6.07) is 7.84. The van der Waals surface area contributed by atoms with E-state index in [4.69, 9.17) is 11.6 Å². The third-order valence-corrected chi connectivity index (χ3v) is 4.71. The number of nitrogens with zero attached hydrogens (tertiary/aromatic N) is 2. The van der Waals surface area contributed by atoms with E-state index in [1.54, 1.807) is 7.05 Å². The molecule has 0 saturated carbocycles. The molecule has 1 saturated heterocycles. The molecule has 144 valence electrons. The number of rotatable bonds is 5. The Kier molecular flexibility index (Phi) is 6.89. The summed E-state index contributed by atoms with van der Waals surface area (Å²) < 4.78 is 0. The standard InChI is InChI=1S/C19H29ClN4O2/c1-19(2,3)21-17(25)13-22(4)18(26)14-23-9-11-24(12-10-23)16-8-6-5-7-15(16)20/h5-8H,9-14H2,1-4H3,(H,21,25)/p+1. The topological polar surface area (TPSA) is 57.1 Å². The summed E-state index contributed by atoms with van der Waals surface area (Å²) in [6.07, 6.45) is 0. The maximum atomic E-state index is 12.4. The first kappa shape index (κ1) is 20.5. The number of hydrogen-bond acceptors (Lipinski definition) is 3. The van der Waals surface area contributed by atoms with Gasteiger partial charge in [0, 0.05) is 12.6 Å². The second-order valence-corrected chi connectivity index (χ2v) is 8.32. The maximum absolute atomic E-state index is 12.4. The van der Waals surface area contributed by atoms with Gasteiger partial charge in [0.1, 0.15) is 0 Å². The molecule has 2 amide bonds. The zero-order chi connectivity index (χ0) is 19.3. The van der Waals surface area contributed by atoms with Gasteiger partial charge in [-0.3, -0.25) is 9.59 Å². The highest BCUT2D eigenvalue weighted by Gasteiger charge is 2.25. The van der Waals surface area contributed by atoms with E-state index < -0.39 is 0 Å². The fraction of sp³-hybridized carbons (Fsp3) is 0.579. The maximum Gasteiger partial charge on any atom is 0.277 e. The van der Waals surface area contributed by atoms with Gasteiger partial charge in [0.25, 0.3) is 5.91 Å². The number of carbonyl (C=O) groups excluding carboxylic acids is 2. The number of likely N-dealkylation sites (N-methyl/N-ethyl adjacent to an activating group) is 1. The Hall–Kier alpha value is -1.79. The van der Waals surface area contributed by atoms with E-state index in [0.29, 0.717) is 6.54 Å². The first-order chi connectivity index (χ1) is 12.2. The van der Waals surface area contributed by atoms with Crippen molar-refractivity contribution in [2.45, 2.75) is 26.3 Å².